The Bertz CT molecular complexity index is 668. The van der Waals surface area contributed by atoms with Crippen molar-refractivity contribution >= 4 is 35.5 Å². The molecule has 0 aromatic carbocycles. The SMILES string of the molecule is CC(O)C(N)C(=O)NCC(=O)NC(CCC(N)=O)C(=O)NC(CCC(N)=O)C(=O)O. The Morgan fingerprint density at radius 2 is 1.37 bits per heavy atom. The van der Waals surface area contributed by atoms with Gasteiger partial charge in [-0.1, -0.05) is 0 Å². The molecule has 0 aromatic heterocycles. The van der Waals surface area contributed by atoms with Crippen LogP contribution in [0, 0.1) is 0 Å². The molecule has 0 bridgehead atoms. The van der Waals surface area contributed by atoms with Crippen LogP contribution in [0.25, 0.3) is 0 Å². The van der Waals surface area contributed by atoms with Crippen molar-refractivity contribution in [3.05, 3.63) is 0 Å². The zero-order chi connectivity index (χ0) is 23.4. The number of rotatable bonds is 14. The molecular weight excluding hydrogens is 404 g/mol. The van der Waals surface area contributed by atoms with Gasteiger partial charge in [0.2, 0.25) is 29.5 Å². The number of nitrogens with one attached hydrogen (secondary N) is 3. The molecule has 0 rings (SSSR count). The van der Waals surface area contributed by atoms with E-state index in [4.69, 9.17) is 22.3 Å². The quantitative estimate of drug-likeness (QED) is 0.131. The van der Waals surface area contributed by atoms with Crippen LogP contribution in [-0.4, -0.2) is 76.5 Å². The third-order valence-corrected chi connectivity index (χ3v) is 3.87. The van der Waals surface area contributed by atoms with Crippen LogP contribution in [0.3, 0.4) is 0 Å². The number of carboxylic acids is 1. The molecular formula is C16H28N6O8. The van der Waals surface area contributed by atoms with Gasteiger partial charge in [0.25, 0.3) is 0 Å². The van der Waals surface area contributed by atoms with Crippen LogP contribution in [0.2, 0.25) is 0 Å². The largest absolute Gasteiger partial charge is 0.480 e. The summed E-state index contributed by atoms with van der Waals surface area (Å²) in [6.45, 7) is 0.690. The molecule has 0 heterocycles. The Morgan fingerprint density at radius 3 is 1.80 bits per heavy atom. The standard InChI is InChI=1S/C16H28N6O8/c1-7(23)13(19)15(28)20-6-12(26)21-8(2-4-10(17)24)14(27)22-9(16(29)30)3-5-11(18)25/h7-9,13,23H,2-6,19H2,1H3,(H2,17,24)(H2,18,25)(H,20,28)(H,21,26)(H,22,27)(H,29,30). The zero-order valence-corrected chi connectivity index (χ0v) is 16.4. The zero-order valence-electron chi connectivity index (χ0n) is 16.4. The van der Waals surface area contributed by atoms with E-state index in [1.165, 1.54) is 6.92 Å². The Kier molecular flexibility index (Phi) is 11.6. The van der Waals surface area contributed by atoms with Gasteiger partial charge in [0.15, 0.2) is 0 Å². The van der Waals surface area contributed by atoms with Gasteiger partial charge >= 0.3 is 5.97 Å². The van der Waals surface area contributed by atoms with Crippen molar-refractivity contribution in [1.29, 1.82) is 0 Å². The van der Waals surface area contributed by atoms with Crippen LogP contribution in [-0.2, 0) is 28.8 Å². The number of carbonyl (C=O) groups excluding carboxylic acids is 5. The molecule has 14 heteroatoms. The fraction of sp³-hybridized carbons (Fsp3) is 0.625. The molecule has 11 N–H and O–H groups in total. The number of hydrogen-bond acceptors (Lipinski definition) is 8. The molecule has 14 nitrogen and oxygen atoms in total. The van der Waals surface area contributed by atoms with E-state index >= 15 is 0 Å². The summed E-state index contributed by atoms with van der Waals surface area (Å²) in [6, 6.07) is -4.07. The monoisotopic (exact) mass is 432 g/mol. The number of aliphatic hydroxyl groups excluding tert-OH is 1. The number of carboxylic acid groups (broad SMARTS) is 1. The first-order chi connectivity index (χ1) is 13.8. The van der Waals surface area contributed by atoms with Crippen molar-refractivity contribution in [2.24, 2.45) is 17.2 Å². The highest BCUT2D eigenvalue weighted by Gasteiger charge is 2.27. The maximum absolute atomic E-state index is 12.4. The molecule has 30 heavy (non-hydrogen) atoms. The highest BCUT2D eigenvalue weighted by atomic mass is 16.4. The molecule has 0 saturated carbocycles. The van der Waals surface area contributed by atoms with E-state index in [0.717, 1.165) is 0 Å². The molecule has 0 aliphatic carbocycles. The fourth-order valence-electron chi connectivity index (χ4n) is 2.12. The summed E-state index contributed by atoms with van der Waals surface area (Å²) in [5, 5.41) is 24.9. The van der Waals surface area contributed by atoms with Crippen molar-refractivity contribution < 1.29 is 39.0 Å². The number of primary amides is 2. The molecule has 0 aliphatic heterocycles. The van der Waals surface area contributed by atoms with E-state index in [2.05, 4.69) is 16.0 Å². The van der Waals surface area contributed by atoms with Gasteiger partial charge < -0.3 is 43.4 Å². The molecule has 4 atom stereocenters. The average molecular weight is 432 g/mol. The van der Waals surface area contributed by atoms with Crippen LogP contribution < -0.4 is 33.2 Å². The van der Waals surface area contributed by atoms with E-state index < -0.39 is 66.3 Å². The first-order valence-corrected chi connectivity index (χ1v) is 8.95. The number of aliphatic carboxylic acids is 1. The van der Waals surface area contributed by atoms with E-state index in [1.807, 2.05) is 0 Å². The van der Waals surface area contributed by atoms with E-state index in [1.54, 1.807) is 0 Å². The average Bonchev–Trinajstić information content (AvgIpc) is 2.64. The van der Waals surface area contributed by atoms with Crippen molar-refractivity contribution in [3.63, 3.8) is 0 Å². The predicted molar refractivity (Wildman–Crippen MR) is 101 cm³/mol. The first-order valence-electron chi connectivity index (χ1n) is 8.95. The van der Waals surface area contributed by atoms with Gasteiger partial charge in [0.05, 0.1) is 12.6 Å². The second kappa shape index (κ2) is 13.1. The third kappa shape index (κ3) is 10.9. The van der Waals surface area contributed by atoms with Crippen LogP contribution in [0.5, 0.6) is 0 Å². The van der Waals surface area contributed by atoms with Crippen molar-refractivity contribution in [2.45, 2.75) is 56.8 Å². The van der Waals surface area contributed by atoms with Gasteiger partial charge in [0, 0.05) is 12.8 Å². The Labute approximate surface area is 171 Å². The van der Waals surface area contributed by atoms with Crippen molar-refractivity contribution in [1.82, 2.24) is 16.0 Å². The highest BCUT2D eigenvalue weighted by Crippen LogP contribution is 2.02. The lowest BCUT2D eigenvalue weighted by Gasteiger charge is -2.21. The normalized spacial score (nSPS) is 14.5. The minimum Gasteiger partial charge on any atom is -0.480 e. The summed E-state index contributed by atoms with van der Waals surface area (Å²) in [4.78, 5) is 69.2. The fourth-order valence-corrected chi connectivity index (χ4v) is 2.12. The van der Waals surface area contributed by atoms with Crippen molar-refractivity contribution in [2.75, 3.05) is 6.54 Å². The summed E-state index contributed by atoms with van der Waals surface area (Å²) >= 11 is 0. The third-order valence-electron chi connectivity index (χ3n) is 3.87. The first kappa shape index (κ1) is 26.7. The smallest absolute Gasteiger partial charge is 0.326 e. The van der Waals surface area contributed by atoms with E-state index in [0.29, 0.717) is 0 Å². The van der Waals surface area contributed by atoms with Gasteiger partial charge in [-0.15, -0.1) is 0 Å². The summed E-state index contributed by atoms with van der Waals surface area (Å²) in [5.74, 6) is -5.54. The van der Waals surface area contributed by atoms with Crippen LogP contribution >= 0.6 is 0 Å². The maximum atomic E-state index is 12.4. The van der Waals surface area contributed by atoms with E-state index in [-0.39, 0.29) is 25.7 Å². The highest BCUT2D eigenvalue weighted by molar-refractivity contribution is 5.93. The molecule has 0 aromatic rings. The number of hydrogen-bond donors (Lipinski definition) is 8. The van der Waals surface area contributed by atoms with Crippen LogP contribution in [0.1, 0.15) is 32.6 Å². The minimum absolute atomic E-state index is 0.240. The topological polar surface area (TPSA) is 257 Å². The summed E-state index contributed by atoms with van der Waals surface area (Å²) in [7, 11) is 0. The Balaban J connectivity index is 5.02. The molecule has 0 fully saturated rings. The van der Waals surface area contributed by atoms with Crippen LogP contribution in [0.4, 0.5) is 0 Å². The van der Waals surface area contributed by atoms with Gasteiger partial charge in [-0.3, -0.25) is 24.0 Å². The van der Waals surface area contributed by atoms with Gasteiger partial charge in [-0.2, -0.15) is 0 Å². The second-order valence-electron chi connectivity index (χ2n) is 6.51. The van der Waals surface area contributed by atoms with Gasteiger partial charge in [-0.05, 0) is 19.8 Å². The van der Waals surface area contributed by atoms with Crippen LogP contribution in [0.15, 0.2) is 0 Å². The minimum atomic E-state index is -1.46. The predicted octanol–water partition coefficient (Wildman–Crippen LogP) is -4.60. The van der Waals surface area contributed by atoms with Crippen molar-refractivity contribution in [3.8, 4) is 0 Å². The molecule has 170 valence electrons. The van der Waals surface area contributed by atoms with Gasteiger partial charge in [0.1, 0.15) is 18.1 Å². The number of aliphatic hydroxyl groups is 1. The summed E-state index contributed by atoms with van der Waals surface area (Å²) in [5.41, 5.74) is 15.4. The molecule has 0 aliphatic rings. The molecule has 0 saturated heterocycles. The molecule has 0 spiro atoms. The Hall–Kier alpha value is -3.26. The summed E-state index contributed by atoms with van der Waals surface area (Å²) in [6.07, 6.45) is -2.27. The summed E-state index contributed by atoms with van der Waals surface area (Å²) < 4.78 is 0. The number of carbonyl (C=O) groups is 6. The molecule has 0 radical (unpaired) electrons. The second-order valence-corrected chi connectivity index (χ2v) is 6.51. The lowest BCUT2D eigenvalue weighted by molar-refractivity contribution is -0.142. The Morgan fingerprint density at radius 1 is 0.867 bits per heavy atom. The lowest BCUT2D eigenvalue weighted by Crippen LogP contribution is -2.54. The lowest BCUT2D eigenvalue weighted by atomic mass is 10.1. The number of amides is 5. The van der Waals surface area contributed by atoms with Gasteiger partial charge in [-0.25, -0.2) is 4.79 Å². The van der Waals surface area contributed by atoms with E-state index in [9.17, 15) is 33.9 Å². The molecule has 4 unspecified atom stereocenters. The maximum Gasteiger partial charge on any atom is 0.326 e. The molecule has 5 amide bonds. The number of nitrogens with two attached hydrogens (primary N) is 3.